The second-order valence-corrected chi connectivity index (χ2v) is 10.2. The molecule has 1 unspecified atom stereocenters. The zero-order valence-corrected chi connectivity index (χ0v) is 18.2. The van der Waals surface area contributed by atoms with Gasteiger partial charge in [-0.05, 0) is 37.6 Å². The number of methoxy groups -OCH3 is 1. The number of rotatable bonds is 7. The van der Waals surface area contributed by atoms with Crippen LogP contribution in [0.25, 0.3) is 11.1 Å². The molecule has 2 heterocycles. The zero-order chi connectivity index (χ0) is 22.3. The fourth-order valence-corrected chi connectivity index (χ4v) is 4.46. The molecule has 0 saturated carbocycles. The van der Waals surface area contributed by atoms with Gasteiger partial charge in [-0.3, -0.25) is 14.6 Å². The van der Waals surface area contributed by atoms with Gasteiger partial charge in [0, 0.05) is 35.8 Å². The molecule has 1 aliphatic heterocycles. The molecular weight excluding hydrogens is 434 g/mol. The highest BCUT2D eigenvalue weighted by Crippen LogP contribution is 2.34. The Morgan fingerprint density at radius 1 is 1.37 bits per heavy atom. The molecule has 1 aliphatic rings. The van der Waals surface area contributed by atoms with Crippen LogP contribution in [0.4, 0.5) is 4.79 Å². The first-order valence-corrected chi connectivity index (χ1v) is 11.3. The zero-order valence-electron chi connectivity index (χ0n) is 16.7. The Kier molecular flexibility index (Phi) is 5.85. The topological polar surface area (TPSA) is 118 Å². The minimum atomic E-state index is -3.83. The van der Waals surface area contributed by atoms with Crippen molar-refractivity contribution in [2.45, 2.75) is 24.6 Å². The second kappa shape index (κ2) is 7.93. The summed E-state index contributed by atoms with van der Waals surface area (Å²) in [6.07, 6.45) is 2.43. The molecule has 162 valence electrons. The number of hydrogen-bond acceptors (Lipinski definition) is 6. The van der Waals surface area contributed by atoms with Gasteiger partial charge in [0.2, 0.25) is 0 Å². The number of benzene rings is 1. The predicted molar refractivity (Wildman–Crippen MR) is 110 cm³/mol. The van der Waals surface area contributed by atoms with Gasteiger partial charge < -0.3 is 9.64 Å². The minimum absolute atomic E-state index is 0.0239. The van der Waals surface area contributed by atoms with Crippen LogP contribution in [0.3, 0.4) is 0 Å². The monoisotopic (exact) mass is 455 g/mol. The molecule has 30 heavy (non-hydrogen) atoms. The molecule has 3 rings (SSSR count). The Balaban J connectivity index is 1.78. The molecule has 0 radical (unpaired) electrons. The van der Waals surface area contributed by atoms with Crippen molar-refractivity contribution in [3.8, 4) is 16.9 Å². The molecule has 1 aromatic heterocycles. The Labute approximate surface area is 179 Å². The van der Waals surface area contributed by atoms with Gasteiger partial charge in [0.25, 0.3) is 5.91 Å². The van der Waals surface area contributed by atoms with Crippen molar-refractivity contribution < 1.29 is 28.0 Å². The van der Waals surface area contributed by atoms with E-state index in [1.165, 1.54) is 21.9 Å². The number of hydroxylamine groups is 1. The molecule has 0 bridgehead atoms. The summed E-state index contributed by atoms with van der Waals surface area (Å²) in [5.41, 5.74) is 3.64. The third-order valence-corrected chi connectivity index (χ3v) is 7.81. The van der Waals surface area contributed by atoms with E-state index < -0.39 is 20.5 Å². The maximum Gasteiger partial charge on any atom is 0.328 e. The average Bonchev–Trinajstić information content (AvgIpc) is 3.23. The summed E-state index contributed by atoms with van der Waals surface area (Å²) >= 11 is 6.32. The molecule has 2 aromatic rings. The highest BCUT2D eigenvalue weighted by Gasteiger charge is 2.44. The van der Waals surface area contributed by atoms with Gasteiger partial charge in [-0.15, -0.1) is 0 Å². The number of carbonyl (C=O) groups excluding carboxylic acids is 2. The normalized spacial score (nSPS) is 15.6. The van der Waals surface area contributed by atoms with Crippen LogP contribution in [0.15, 0.2) is 30.5 Å². The van der Waals surface area contributed by atoms with Crippen molar-refractivity contribution in [1.29, 1.82) is 0 Å². The van der Waals surface area contributed by atoms with Crippen molar-refractivity contribution in [3.05, 3.63) is 41.2 Å². The Morgan fingerprint density at radius 2 is 2.07 bits per heavy atom. The van der Waals surface area contributed by atoms with Gasteiger partial charge in [-0.1, -0.05) is 11.6 Å². The van der Waals surface area contributed by atoms with Crippen molar-refractivity contribution in [2.24, 2.45) is 0 Å². The van der Waals surface area contributed by atoms with E-state index in [9.17, 15) is 18.0 Å². The SMILES string of the molecule is COc1ccc(-c2cc3n(c2)C(=O)N(CCC(C)(C(=O)NO)S(C)(=O)=O)C3)c(Cl)c1. The van der Waals surface area contributed by atoms with E-state index in [0.29, 0.717) is 10.8 Å². The number of sulfone groups is 1. The van der Waals surface area contributed by atoms with E-state index in [1.54, 1.807) is 31.5 Å². The highest BCUT2D eigenvalue weighted by molar-refractivity contribution is 7.92. The largest absolute Gasteiger partial charge is 0.497 e. The molecule has 2 N–H and O–H groups in total. The first-order chi connectivity index (χ1) is 14.0. The van der Waals surface area contributed by atoms with Crippen LogP contribution in [-0.4, -0.2) is 59.7 Å². The lowest BCUT2D eigenvalue weighted by atomic mass is 10.1. The average molecular weight is 456 g/mol. The standard InChI is InChI=1S/C19H22ClN3O6S/c1-19(17(24)21-26,30(3,27)28)6-7-22-11-13-8-12(10-23(13)18(22)25)15-5-4-14(29-2)9-16(15)20/h4-5,8-10,26H,6-7,11H2,1-3H3,(H,21,24). The van der Waals surface area contributed by atoms with E-state index >= 15 is 0 Å². The third-order valence-electron chi connectivity index (χ3n) is 5.48. The summed E-state index contributed by atoms with van der Waals surface area (Å²) < 4.78 is 28.9. The van der Waals surface area contributed by atoms with Crippen molar-refractivity contribution >= 4 is 33.4 Å². The Morgan fingerprint density at radius 3 is 2.60 bits per heavy atom. The van der Waals surface area contributed by atoms with Gasteiger partial charge in [-0.2, -0.15) is 0 Å². The summed E-state index contributed by atoms with van der Waals surface area (Å²) in [5.74, 6) is -0.411. The minimum Gasteiger partial charge on any atom is -0.497 e. The van der Waals surface area contributed by atoms with Gasteiger partial charge in [0.15, 0.2) is 14.6 Å². The van der Waals surface area contributed by atoms with E-state index in [0.717, 1.165) is 23.1 Å². The first kappa shape index (κ1) is 22.1. The lowest BCUT2D eigenvalue weighted by Gasteiger charge is -2.27. The summed E-state index contributed by atoms with van der Waals surface area (Å²) in [6, 6.07) is 6.77. The predicted octanol–water partition coefficient (Wildman–Crippen LogP) is 2.30. The number of nitrogens with one attached hydrogen (secondary N) is 1. The van der Waals surface area contributed by atoms with Crippen LogP contribution >= 0.6 is 11.6 Å². The number of aromatic nitrogens is 1. The van der Waals surface area contributed by atoms with Crippen LogP contribution < -0.4 is 10.2 Å². The van der Waals surface area contributed by atoms with Gasteiger partial charge >= 0.3 is 6.03 Å². The van der Waals surface area contributed by atoms with Crippen LogP contribution in [0.1, 0.15) is 19.0 Å². The number of hydrogen-bond donors (Lipinski definition) is 2. The summed E-state index contributed by atoms with van der Waals surface area (Å²) in [7, 11) is -2.29. The van der Waals surface area contributed by atoms with Gasteiger partial charge in [-0.25, -0.2) is 18.7 Å². The molecule has 0 spiro atoms. The van der Waals surface area contributed by atoms with Crippen LogP contribution in [-0.2, 0) is 21.2 Å². The smallest absolute Gasteiger partial charge is 0.328 e. The molecule has 1 atom stereocenters. The summed E-state index contributed by atoms with van der Waals surface area (Å²) in [4.78, 5) is 26.2. The van der Waals surface area contributed by atoms with E-state index in [1.807, 2.05) is 6.07 Å². The Bertz CT molecular complexity index is 1110. The molecule has 9 nitrogen and oxygen atoms in total. The number of nitrogens with zero attached hydrogens (tertiary/aromatic N) is 2. The number of fused-ring (bicyclic) bond motifs is 1. The quantitative estimate of drug-likeness (QED) is 0.488. The lowest BCUT2D eigenvalue weighted by molar-refractivity contribution is -0.131. The van der Waals surface area contributed by atoms with Gasteiger partial charge in [0.1, 0.15) is 5.75 Å². The number of halogens is 1. The van der Waals surface area contributed by atoms with E-state index in [4.69, 9.17) is 21.5 Å². The summed E-state index contributed by atoms with van der Waals surface area (Å²) in [5, 5.41) is 9.40. The maximum atomic E-state index is 12.8. The lowest BCUT2D eigenvalue weighted by Crippen LogP contribution is -2.50. The highest BCUT2D eigenvalue weighted by atomic mass is 35.5. The molecule has 0 saturated heterocycles. The number of amides is 2. The Hall–Kier alpha value is -2.56. The number of ether oxygens (including phenoxy) is 1. The van der Waals surface area contributed by atoms with Crippen molar-refractivity contribution in [1.82, 2.24) is 14.9 Å². The molecular formula is C19H22ClN3O6S. The van der Waals surface area contributed by atoms with Crippen LogP contribution in [0.5, 0.6) is 5.75 Å². The third kappa shape index (κ3) is 3.78. The van der Waals surface area contributed by atoms with E-state index in [2.05, 4.69) is 0 Å². The number of carbonyl (C=O) groups is 2. The fourth-order valence-electron chi connectivity index (χ4n) is 3.34. The van der Waals surface area contributed by atoms with Gasteiger partial charge in [0.05, 0.1) is 18.7 Å². The first-order valence-electron chi connectivity index (χ1n) is 9.00. The van der Waals surface area contributed by atoms with Crippen LogP contribution in [0.2, 0.25) is 5.02 Å². The maximum absolute atomic E-state index is 12.8. The molecule has 2 amide bonds. The summed E-state index contributed by atoms with van der Waals surface area (Å²) in [6.45, 7) is 1.50. The van der Waals surface area contributed by atoms with E-state index in [-0.39, 0.29) is 25.5 Å². The molecule has 0 fully saturated rings. The van der Waals surface area contributed by atoms with Crippen molar-refractivity contribution in [2.75, 3.05) is 19.9 Å². The molecule has 1 aromatic carbocycles. The fraction of sp³-hybridized carbons (Fsp3) is 0.368. The molecule has 11 heteroatoms. The van der Waals surface area contributed by atoms with Crippen LogP contribution in [0, 0.1) is 0 Å². The van der Waals surface area contributed by atoms with Crippen molar-refractivity contribution in [3.63, 3.8) is 0 Å². The molecule has 0 aliphatic carbocycles. The second-order valence-electron chi connectivity index (χ2n) is 7.33.